The van der Waals surface area contributed by atoms with E-state index < -0.39 is 11.9 Å². The second-order valence-electron chi connectivity index (χ2n) is 2.79. The molecule has 1 rings (SSSR count). The van der Waals surface area contributed by atoms with E-state index in [1.165, 1.54) is 17.9 Å². The van der Waals surface area contributed by atoms with Gasteiger partial charge in [0.1, 0.15) is 6.54 Å². The van der Waals surface area contributed by atoms with Crippen LogP contribution in [-0.4, -0.2) is 28.8 Å². The molecule has 1 aromatic rings. The first-order valence-electron chi connectivity index (χ1n) is 3.95. The Bertz CT molecular complexity index is 370. The first-order chi connectivity index (χ1) is 6.54. The van der Waals surface area contributed by atoms with Crippen molar-refractivity contribution in [2.75, 3.05) is 7.11 Å². The lowest BCUT2D eigenvalue weighted by Crippen LogP contribution is -2.20. The Morgan fingerprint density at radius 3 is 2.79 bits per heavy atom. The van der Waals surface area contributed by atoms with Crippen molar-refractivity contribution in [1.29, 1.82) is 0 Å². The van der Waals surface area contributed by atoms with Gasteiger partial charge in [-0.25, -0.2) is 4.79 Å². The summed E-state index contributed by atoms with van der Waals surface area (Å²) in [6, 6.07) is 1.54. The van der Waals surface area contributed by atoms with Crippen LogP contribution in [0.4, 0.5) is 0 Å². The van der Waals surface area contributed by atoms with Crippen LogP contribution in [0, 0.1) is 6.92 Å². The Kier molecular flexibility index (Phi) is 2.85. The second kappa shape index (κ2) is 3.91. The molecule has 0 aliphatic rings. The zero-order chi connectivity index (χ0) is 10.7. The van der Waals surface area contributed by atoms with Crippen LogP contribution < -0.4 is 5.73 Å². The molecule has 0 unspecified atom stereocenters. The summed E-state index contributed by atoms with van der Waals surface area (Å²) in [7, 11) is 1.27. The van der Waals surface area contributed by atoms with Crippen molar-refractivity contribution in [3.63, 3.8) is 0 Å². The standard InChI is InChI=1S/C8H11N3O3/c1-5-3-6(8(13)14-2)10-11(5)4-7(9)12/h3H,4H2,1-2H3,(H2,9,12). The van der Waals surface area contributed by atoms with E-state index in [4.69, 9.17) is 5.73 Å². The van der Waals surface area contributed by atoms with Gasteiger partial charge in [-0.1, -0.05) is 0 Å². The van der Waals surface area contributed by atoms with Gasteiger partial charge in [0, 0.05) is 5.69 Å². The summed E-state index contributed by atoms with van der Waals surface area (Å²) in [5.74, 6) is -1.04. The molecule has 0 saturated heterocycles. The first-order valence-corrected chi connectivity index (χ1v) is 3.95. The van der Waals surface area contributed by atoms with Gasteiger partial charge in [-0.3, -0.25) is 9.48 Å². The van der Waals surface area contributed by atoms with Gasteiger partial charge >= 0.3 is 5.97 Å². The molecule has 76 valence electrons. The molecule has 0 aromatic carbocycles. The Morgan fingerprint density at radius 2 is 2.29 bits per heavy atom. The highest BCUT2D eigenvalue weighted by Crippen LogP contribution is 2.03. The molecule has 0 fully saturated rings. The Balaban J connectivity index is 2.93. The number of carbonyl (C=O) groups excluding carboxylic acids is 2. The Labute approximate surface area is 80.6 Å². The molecule has 0 radical (unpaired) electrons. The van der Waals surface area contributed by atoms with Crippen molar-refractivity contribution in [3.05, 3.63) is 17.5 Å². The largest absolute Gasteiger partial charge is 0.464 e. The van der Waals surface area contributed by atoms with Crippen LogP contribution in [0.3, 0.4) is 0 Å². The number of rotatable bonds is 3. The average Bonchev–Trinajstić information content (AvgIpc) is 2.46. The van der Waals surface area contributed by atoms with E-state index >= 15 is 0 Å². The van der Waals surface area contributed by atoms with Gasteiger partial charge in [-0.2, -0.15) is 5.10 Å². The molecule has 1 heterocycles. The van der Waals surface area contributed by atoms with Crippen LogP contribution in [0.1, 0.15) is 16.2 Å². The van der Waals surface area contributed by atoms with E-state index in [9.17, 15) is 9.59 Å². The third-order valence-corrected chi connectivity index (χ3v) is 1.68. The van der Waals surface area contributed by atoms with Crippen molar-refractivity contribution in [2.24, 2.45) is 5.73 Å². The Hall–Kier alpha value is -1.85. The number of carbonyl (C=O) groups is 2. The monoisotopic (exact) mass is 197 g/mol. The summed E-state index contributed by atoms with van der Waals surface area (Å²) >= 11 is 0. The third-order valence-electron chi connectivity index (χ3n) is 1.68. The minimum atomic E-state index is -0.531. The molecule has 0 saturated carbocycles. The number of nitrogens with zero attached hydrogens (tertiary/aromatic N) is 2. The number of primary amides is 1. The van der Waals surface area contributed by atoms with Crippen LogP contribution in [0.15, 0.2) is 6.07 Å². The van der Waals surface area contributed by atoms with Gasteiger partial charge in [0.05, 0.1) is 7.11 Å². The van der Waals surface area contributed by atoms with Gasteiger partial charge < -0.3 is 10.5 Å². The van der Waals surface area contributed by atoms with Crippen LogP contribution in [-0.2, 0) is 16.1 Å². The van der Waals surface area contributed by atoms with Crippen molar-refractivity contribution in [1.82, 2.24) is 9.78 Å². The fraction of sp³-hybridized carbons (Fsp3) is 0.375. The quantitative estimate of drug-likeness (QED) is 0.659. The van der Waals surface area contributed by atoms with Crippen molar-refractivity contribution >= 4 is 11.9 Å². The van der Waals surface area contributed by atoms with E-state index in [0.717, 1.165) is 0 Å². The summed E-state index contributed by atoms with van der Waals surface area (Å²) in [6.45, 7) is 1.69. The molecule has 6 nitrogen and oxygen atoms in total. The molecular formula is C8H11N3O3. The van der Waals surface area contributed by atoms with Gasteiger partial charge in [-0.05, 0) is 13.0 Å². The van der Waals surface area contributed by atoms with E-state index in [1.54, 1.807) is 6.92 Å². The zero-order valence-corrected chi connectivity index (χ0v) is 7.98. The third kappa shape index (κ3) is 2.09. The maximum absolute atomic E-state index is 11.1. The SMILES string of the molecule is COC(=O)c1cc(C)n(CC(N)=O)n1. The second-order valence-corrected chi connectivity index (χ2v) is 2.79. The summed E-state index contributed by atoms with van der Waals surface area (Å²) in [5.41, 5.74) is 5.85. The fourth-order valence-corrected chi connectivity index (χ4v) is 1.02. The normalized spacial score (nSPS) is 9.86. The summed E-state index contributed by atoms with van der Waals surface area (Å²) in [5, 5.41) is 3.86. The maximum Gasteiger partial charge on any atom is 0.358 e. The number of hydrogen-bond acceptors (Lipinski definition) is 4. The van der Waals surface area contributed by atoms with Crippen LogP contribution in [0.2, 0.25) is 0 Å². The number of hydrogen-bond donors (Lipinski definition) is 1. The highest BCUT2D eigenvalue weighted by molar-refractivity contribution is 5.87. The minimum absolute atomic E-state index is 0.0389. The average molecular weight is 197 g/mol. The molecule has 14 heavy (non-hydrogen) atoms. The summed E-state index contributed by atoms with van der Waals surface area (Å²) in [4.78, 5) is 21.7. The number of aromatic nitrogens is 2. The lowest BCUT2D eigenvalue weighted by Gasteiger charge is -1.98. The molecule has 0 atom stereocenters. The Morgan fingerprint density at radius 1 is 1.64 bits per heavy atom. The first kappa shape index (κ1) is 10.2. The molecular weight excluding hydrogens is 186 g/mol. The van der Waals surface area contributed by atoms with Crippen molar-refractivity contribution < 1.29 is 14.3 Å². The molecule has 0 aliphatic carbocycles. The number of aryl methyl sites for hydroxylation is 1. The minimum Gasteiger partial charge on any atom is -0.464 e. The topological polar surface area (TPSA) is 87.2 Å². The smallest absolute Gasteiger partial charge is 0.358 e. The number of ether oxygens (including phenoxy) is 1. The van der Waals surface area contributed by atoms with Gasteiger partial charge in [-0.15, -0.1) is 0 Å². The molecule has 0 aliphatic heterocycles. The molecule has 6 heteroatoms. The number of nitrogens with two attached hydrogens (primary N) is 1. The highest BCUT2D eigenvalue weighted by Gasteiger charge is 2.12. The van der Waals surface area contributed by atoms with E-state index in [-0.39, 0.29) is 12.2 Å². The van der Waals surface area contributed by atoms with Gasteiger partial charge in [0.25, 0.3) is 0 Å². The van der Waals surface area contributed by atoms with E-state index in [2.05, 4.69) is 9.84 Å². The molecule has 1 aromatic heterocycles. The fourth-order valence-electron chi connectivity index (χ4n) is 1.02. The molecule has 1 amide bonds. The van der Waals surface area contributed by atoms with Gasteiger partial charge in [0.15, 0.2) is 5.69 Å². The highest BCUT2D eigenvalue weighted by atomic mass is 16.5. The maximum atomic E-state index is 11.1. The van der Waals surface area contributed by atoms with Crippen molar-refractivity contribution in [2.45, 2.75) is 13.5 Å². The molecule has 0 bridgehead atoms. The lowest BCUT2D eigenvalue weighted by molar-refractivity contribution is -0.118. The predicted octanol–water partition coefficient (Wildman–Crippen LogP) is -0.537. The van der Waals surface area contributed by atoms with E-state index in [1.807, 2.05) is 0 Å². The van der Waals surface area contributed by atoms with Crippen molar-refractivity contribution in [3.8, 4) is 0 Å². The zero-order valence-electron chi connectivity index (χ0n) is 7.98. The number of methoxy groups -OCH3 is 1. The molecule has 2 N–H and O–H groups in total. The summed E-state index contributed by atoms with van der Waals surface area (Å²) < 4.78 is 5.83. The van der Waals surface area contributed by atoms with Crippen LogP contribution in [0.5, 0.6) is 0 Å². The lowest BCUT2D eigenvalue weighted by atomic mass is 10.4. The number of amides is 1. The summed E-state index contributed by atoms with van der Waals surface area (Å²) in [6.07, 6.45) is 0. The molecule has 0 spiro atoms. The predicted molar refractivity (Wildman–Crippen MR) is 47.5 cm³/mol. The van der Waals surface area contributed by atoms with E-state index in [0.29, 0.717) is 5.69 Å². The van der Waals surface area contributed by atoms with Crippen LogP contribution >= 0.6 is 0 Å². The van der Waals surface area contributed by atoms with Gasteiger partial charge in [0.2, 0.25) is 5.91 Å². The number of esters is 1. The van der Waals surface area contributed by atoms with Crippen LogP contribution in [0.25, 0.3) is 0 Å².